The van der Waals surface area contributed by atoms with Gasteiger partial charge in [-0.15, -0.1) is 0 Å². The third-order valence-corrected chi connectivity index (χ3v) is 4.36. The fraction of sp³-hybridized carbons (Fsp3) is 0.400. The van der Waals surface area contributed by atoms with E-state index >= 15 is 0 Å². The molecule has 2 aliphatic heterocycles. The van der Waals surface area contributed by atoms with E-state index in [-0.39, 0.29) is 41.9 Å². The van der Waals surface area contributed by atoms with Gasteiger partial charge < -0.3 is 14.6 Å². The molecule has 7 heteroatoms. The van der Waals surface area contributed by atoms with Crippen LogP contribution in [0.25, 0.3) is 0 Å². The van der Waals surface area contributed by atoms with Crippen LogP contribution in [0.3, 0.4) is 0 Å². The van der Waals surface area contributed by atoms with E-state index in [2.05, 4.69) is 0 Å². The molecule has 0 N–H and O–H groups in total. The predicted molar refractivity (Wildman–Crippen MR) is 76.9 cm³/mol. The normalized spacial score (nSPS) is 28.2. The Morgan fingerprint density at radius 3 is 2.86 bits per heavy atom. The summed E-state index contributed by atoms with van der Waals surface area (Å²) in [5.41, 5.74) is 1.76. The van der Waals surface area contributed by atoms with Crippen molar-refractivity contribution in [1.29, 1.82) is 0 Å². The summed E-state index contributed by atoms with van der Waals surface area (Å²) in [4.78, 5) is 25.0. The van der Waals surface area contributed by atoms with Crippen molar-refractivity contribution in [2.24, 2.45) is 0 Å². The number of thiocarbonyl (C=S) groups is 1. The van der Waals surface area contributed by atoms with Crippen LogP contribution < -0.4 is 34.7 Å². The minimum Gasteiger partial charge on any atom is -0.547 e. The van der Waals surface area contributed by atoms with Crippen LogP contribution in [0.5, 0.6) is 0 Å². The van der Waals surface area contributed by atoms with Crippen LogP contribution in [0, 0.1) is 0 Å². The van der Waals surface area contributed by atoms with Gasteiger partial charge in [-0.25, -0.2) is 0 Å². The Hall–Kier alpha value is -0.950. The van der Waals surface area contributed by atoms with Crippen LogP contribution in [0.15, 0.2) is 35.1 Å². The Bertz CT molecular complexity index is 637. The van der Waals surface area contributed by atoms with Gasteiger partial charge in [-0.2, -0.15) is 0 Å². The first kappa shape index (κ1) is 17.4. The largest absolute Gasteiger partial charge is 1.00 e. The molecule has 0 aromatic rings. The van der Waals surface area contributed by atoms with E-state index in [1.165, 1.54) is 4.90 Å². The molecule has 0 aromatic heterocycles. The summed E-state index contributed by atoms with van der Waals surface area (Å²) in [6.45, 7) is 1.81. The van der Waals surface area contributed by atoms with Crippen LogP contribution in [0.4, 0.5) is 0 Å². The van der Waals surface area contributed by atoms with E-state index in [0.717, 1.165) is 22.4 Å². The molecule has 2 heterocycles. The van der Waals surface area contributed by atoms with Gasteiger partial charge in [0.2, 0.25) is 5.91 Å². The summed E-state index contributed by atoms with van der Waals surface area (Å²) in [6, 6.07) is -1.11. The summed E-state index contributed by atoms with van der Waals surface area (Å²) in [7, 11) is 0. The maximum Gasteiger partial charge on any atom is 1.00 e. The number of carboxylic acids is 1. The number of amides is 1. The van der Waals surface area contributed by atoms with Gasteiger partial charge in [0, 0.05) is 11.3 Å². The second-order valence-electron chi connectivity index (χ2n) is 5.37. The molecular formula is C15H14NNaO4S. The molecule has 0 radical (unpaired) electrons. The number of fused-ring (bicyclic) bond motifs is 1. The second-order valence-corrected chi connectivity index (χ2v) is 5.86. The van der Waals surface area contributed by atoms with E-state index in [1.807, 2.05) is 25.2 Å². The van der Waals surface area contributed by atoms with Crippen molar-refractivity contribution in [3.8, 4) is 0 Å². The molecule has 1 amide bonds. The van der Waals surface area contributed by atoms with Gasteiger partial charge in [0.25, 0.3) is 0 Å². The number of β-lactam (4-membered cyclic amide) rings is 1. The zero-order valence-corrected chi connectivity index (χ0v) is 15.3. The number of aliphatic carboxylic acids is 1. The Morgan fingerprint density at radius 2 is 2.27 bits per heavy atom. The zero-order valence-electron chi connectivity index (χ0n) is 12.5. The molecule has 0 bridgehead atoms. The van der Waals surface area contributed by atoms with Gasteiger partial charge in [0.1, 0.15) is 11.8 Å². The Morgan fingerprint density at radius 1 is 1.55 bits per heavy atom. The molecule has 1 aliphatic carbocycles. The fourth-order valence-electron chi connectivity index (χ4n) is 2.82. The summed E-state index contributed by atoms with van der Waals surface area (Å²) in [5, 5.41) is 11.3. The van der Waals surface area contributed by atoms with Gasteiger partial charge in [0.15, 0.2) is 6.23 Å². The number of nitrogens with zero attached hydrogens (tertiary/aromatic N) is 1. The average molecular weight is 327 g/mol. The minimum atomic E-state index is -1.31. The third-order valence-electron chi connectivity index (χ3n) is 3.93. The van der Waals surface area contributed by atoms with E-state index in [0.29, 0.717) is 12.2 Å². The van der Waals surface area contributed by atoms with Gasteiger partial charge in [0.05, 0.1) is 12.4 Å². The fourth-order valence-corrected chi connectivity index (χ4v) is 3.05. The molecule has 2 atom stereocenters. The maximum absolute atomic E-state index is 11.5. The van der Waals surface area contributed by atoms with Crippen LogP contribution in [-0.2, 0) is 14.3 Å². The minimum absolute atomic E-state index is 0. The first-order valence-corrected chi connectivity index (χ1v) is 7.17. The average Bonchev–Trinajstić information content (AvgIpc) is 2.74. The number of carboxylic acid groups (broad SMARTS) is 1. The quantitative estimate of drug-likeness (QED) is 0.329. The smallest absolute Gasteiger partial charge is 0.547 e. The van der Waals surface area contributed by atoms with Crippen molar-refractivity contribution < 1.29 is 49.0 Å². The van der Waals surface area contributed by atoms with Crippen molar-refractivity contribution >= 4 is 29.0 Å². The Labute approximate surface area is 156 Å². The molecule has 2 fully saturated rings. The number of allylic oxidation sites excluding steroid dienone is 5. The van der Waals surface area contributed by atoms with Crippen molar-refractivity contribution in [2.45, 2.75) is 38.5 Å². The molecule has 0 aromatic carbocycles. The summed E-state index contributed by atoms with van der Waals surface area (Å²) >= 11 is 5.30. The van der Waals surface area contributed by atoms with Crippen molar-refractivity contribution in [2.75, 3.05) is 0 Å². The molecule has 0 spiro atoms. The van der Waals surface area contributed by atoms with Crippen LogP contribution in [0.1, 0.15) is 26.2 Å². The molecule has 3 aliphatic rings. The van der Waals surface area contributed by atoms with Crippen LogP contribution in [-0.4, -0.2) is 33.9 Å². The van der Waals surface area contributed by atoms with E-state index in [4.69, 9.17) is 17.0 Å². The van der Waals surface area contributed by atoms with Gasteiger partial charge in [-0.3, -0.25) is 9.69 Å². The Balaban J connectivity index is 0.00000176. The SMILES string of the molecule is CC(CC1=CC=CCC1=S)=C1OC2CC(=O)N2C1C(=O)[O-].[Na+]. The standard InChI is InChI=1S/C15H15NO4S.Na/c1-8(6-9-4-2-3-5-10(9)21)14-13(15(18)19)16-11(17)7-12(16)20-14;/h2-4,12-13H,5-7H2,1H3,(H,18,19);/q;+1/p-1. The molecule has 5 nitrogen and oxygen atoms in total. The maximum atomic E-state index is 11.5. The molecular weight excluding hydrogens is 313 g/mol. The number of carbonyl (C=O) groups excluding carboxylic acids is 2. The molecule has 110 valence electrons. The van der Waals surface area contributed by atoms with E-state index < -0.39 is 18.2 Å². The second kappa shape index (κ2) is 6.66. The van der Waals surface area contributed by atoms with Gasteiger partial charge >= 0.3 is 29.6 Å². The first-order valence-electron chi connectivity index (χ1n) is 6.76. The van der Waals surface area contributed by atoms with Gasteiger partial charge in [-0.05, 0) is 24.5 Å². The Kier molecular flexibility index (Phi) is 5.27. The third kappa shape index (κ3) is 2.93. The van der Waals surface area contributed by atoms with Gasteiger partial charge in [-0.1, -0.05) is 30.4 Å². The number of hydrogen-bond donors (Lipinski definition) is 0. The molecule has 2 unspecified atom stereocenters. The zero-order chi connectivity index (χ0) is 15.1. The number of ether oxygens (including phenoxy) is 1. The molecule has 2 saturated heterocycles. The van der Waals surface area contributed by atoms with E-state index in [1.54, 1.807) is 0 Å². The van der Waals surface area contributed by atoms with E-state index in [9.17, 15) is 14.7 Å². The van der Waals surface area contributed by atoms with Crippen molar-refractivity contribution in [3.05, 3.63) is 35.1 Å². The van der Waals surface area contributed by atoms with Crippen molar-refractivity contribution in [3.63, 3.8) is 0 Å². The number of rotatable bonds is 3. The summed E-state index contributed by atoms with van der Waals surface area (Å²) in [6.07, 6.45) is 6.86. The number of hydrogen-bond acceptors (Lipinski definition) is 5. The summed E-state index contributed by atoms with van der Waals surface area (Å²) in [5.74, 6) is -1.20. The number of carbonyl (C=O) groups is 2. The molecule has 22 heavy (non-hydrogen) atoms. The topological polar surface area (TPSA) is 69.7 Å². The monoisotopic (exact) mass is 327 g/mol. The molecule has 3 rings (SSSR count). The van der Waals surface area contributed by atoms with Crippen LogP contribution >= 0.6 is 12.2 Å². The predicted octanol–water partition coefficient (Wildman–Crippen LogP) is -2.38. The summed E-state index contributed by atoms with van der Waals surface area (Å²) < 4.78 is 5.62. The van der Waals surface area contributed by atoms with Crippen molar-refractivity contribution in [1.82, 2.24) is 4.90 Å². The first-order chi connectivity index (χ1) is 9.99. The van der Waals surface area contributed by atoms with Crippen LogP contribution in [0.2, 0.25) is 0 Å². The molecule has 0 saturated carbocycles.